The van der Waals surface area contributed by atoms with Gasteiger partial charge >= 0.3 is 0 Å². The van der Waals surface area contributed by atoms with Crippen molar-refractivity contribution in [3.05, 3.63) is 58.6 Å². The van der Waals surface area contributed by atoms with Crippen molar-refractivity contribution in [2.24, 2.45) is 0 Å². The SMILES string of the molecule is COCCc1ccc(-c2ccc(C(C)=O)c(Cl)c2)cc1. The smallest absolute Gasteiger partial charge is 0.161 e. The molecule has 0 heterocycles. The van der Waals surface area contributed by atoms with Crippen molar-refractivity contribution < 1.29 is 9.53 Å². The van der Waals surface area contributed by atoms with Gasteiger partial charge in [-0.25, -0.2) is 0 Å². The van der Waals surface area contributed by atoms with Crippen LogP contribution in [0.25, 0.3) is 11.1 Å². The number of benzene rings is 2. The number of carbonyl (C=O) groups excluding carboxylic acids is 1. The Morgan fingerprint density at radius 3 is 2.30 bits per heavy atom. The Bertz CT molecular complexity index is 603. The summed E-state index contributed by atoms with van der Waals surface area (Å²) in [5, 5.41) is 0.499. The molecule has 0 aliphatic rings. The molecule has 0 saturated carbocycles. The van der Waals surface area contributed by atoms with Gasteiger partial charge in [0.05, 0.1) is 11.6 Å². The Labute approximate surface area is 124 Å². The molecule has 0 saturated heterocycles. The molecule has 0 unspecified atom stereocenters. The fraction of sp³-hybridized carbons (Fsp3) is 0.235. The van der Waals surface area contributed by atoms with Gasteiger partial charge in [0.15, 0.2) is 5.78 Å². The van der Waals surface area contributed by atoms with Crippen LogP contribution in [-0.4, -0.2) is 19.5 Å². The van der Waals surface area contributed by atoms with Crippen molar-refractivity contribution in [1.29, 1.82) is 0 Å². The number of hydrogen-bond donors (Lipinski definition) is 0. The number of halogens is 1. The molecular formula is C17H17ClO2. The molecule has 0 amide bonds. The second-order valence-corrected chi connectivity index (χ2v) is 5.10. The monoisotopic (exact) mass is 288 g/mol. The predicted octanol–water partition coefficient (Wildman–Crippen LogP) is 4.40. The summed E-state index contributed by atoms with van der Waals surface area (Å²) < 4.78 is 5.06. The van der Waals surface area contributed by atoms with Crippen LogP contribution in [0.4, 0.5) is 0 Å². The van der Waals surface area contributed by atoms with Crippen molar-refractivity contribution in [2.45, 2.75) is 13.3 Å². The van der Waals surface area contributed by atoms with E-state index in [9.17, 15) is 4.79 Å². The number of Topliss-reactive ketones (excluding diaryl/α,β-unsaturated/α-hetero) is 1. The largest absolute Gasteiger partial charge is 0.384 e. The van der Waals surface area contributed by atoms with Crippen molar-refractivity contribution in [3.63, 3.8) is 0 Å². The van der Waals surface area contributed by atoms with Crippen LogP contribution in [0.3, 0.4) is 0 Å². The first-order valence-corrected chi connectivity index (χ1v) is 6.88. The summed E-state index contributed by atoms with van der Waals surface area (Å²) in [5.74, 6) is -0.0172. The maximum atomic E-state index is 11.4. The molecule has 0 fully saturated rings. The Morgan fingerprint density at radius 1 is 1.10 bits per heavy atom. The minimum atomic E-state index is -0.0172. The topological polar surface area (TPSA) is 26.3 Å². The summed E-state index contributed by atoms with van der Waals surface area (Å²) in [6.45, 7) is 2.24. The van der Waals surface area contributed by atoms with E-state index in [-0.39, 0.29) is 5.78 Å². The maximum absolute atomic E-state index is 11.4. The molecular weight excluding hydrogens is 272 g/mol. The van der Waals surface area contributed by atoms with E-state index in [0.717, 1.165) is 24.2 Å². The van der Waals surface area contributed by atoms with Gasteiger partial charge in [-0.3, -0.25) is 4.79 Å². The van der Waals surface area contributed by atoms with Crippen LogP contribution >= 0.6 is 11.6 Å². The highest BCUT2D eigenvalue weighted by Gasteiger charge is 2.07. The molecule has 2 nitrogen and oxygen atoms in total. The molecule has 2 aromatic rings. The van der Waals surface area contributed by atoms with Crippen LogP contribution in [0.5, 0.6) is 0 Å². The summed E-state index contributed by atoms with van der Waals surface area (Å²) in [6, 6.07) is 13.8. The number of rotatable bonds is 5. The van der Waals surface area contributed by atoms with E-state index in [1.165, 1.54) is 12.5 Å². The second-order valence-electron chi connectivity index (χ2n) is 4.69. The van der Waals surface area contributed by atoms with Crippen LogP contribution in [-0.2, 0) is 11.2 Å². The molecule has 0 bridgehead atoms. The first-order chi connectivity index (χ1) is 9.61. The highest BCUT2D eigenvalue weighted by Crippen LogP contribution is 2.26. The maximum Gasteiger partial charge on any atom is 0.161 e. The molecule has 3 heteroatoms. The number of hydrogen-bond acceptors (Lipinski definition) is 2. The fourth-order valence-electron chi connectivity index (χ4n) is 2.06. The molecule has 0 aromatic heterocycles. The lowest BCUT2D eigenvalue weighted by Gasteiger charge is -2.07. The van der Waals surface area contributed by atoms with Gasteiger partial charge in [-0.15, -0.1) is 0 Å². The number of ether oxygens (including phenoxy) is 1. The third kappa shape index (κ3) is 3.47. The van der Waals surface area contributed by atoms with Crippen LogP contribution in [0.2, 0.25) is 5.02 Å². The third-order valence-electron chi connectivity index (χ3n) is 3.23. The van der Waals surface area contributed by atoms with Crippen LogP contribution in [0.15, 0.2) is 42.5 Å². The zero-order valence-corrected chi connectivity index (χ0v) is 12.4. The van der Waals surface area contributed by atoms with Gasteiger partial charge < -0.3 is 4.74 Å². The Balaban J connectivity index is 2.23. The van der Waals surface area contributed by atoms with Gasteiger partial charge in [0.2, 0.25) is 0 Å². The van der Waals surface area contributed by atoms with E-state index in [1.54, 1.807) is 13.2 Å². The van der Waals surface area contributed by atoms with Crippen molar-refractivity contribution in [2.75, 3.05) is 13.7 Å². The molecule has 0 N–H and O–H groups in total. The first kappa shape index (κ1) is 14.8. The van der Waals surface area contributed by atoms with Gasteiger partial charge in [0.1, 0.15) is 0 Å². The van der Waals surface area contributed by atoms with Gasteiger partial charge in [0.25, 0.3) is 0 Å². The predicted molar refractivity (Wildman–Crippen MR) is 82.5 cm³/mol. The number of carbonyl (C=O) groups is 1. The normalized spacial score (nSPS) is 10.6. The molecule has 0 aliphatic carbocycles. The first-order valence-electron chi connectivity index (χ1n) is 6.50. The summed E-state index contributed by atoms with van der Waals surface area (Å²) in [7, 11) is 1.70. The highest BCUT2D eigenvalue weighted by molar-refractivity contribution is 6.34. The summed E-state index contributed by atoms with van der Waals surface area (Å²) in [5.41, 5.74) is 3.90. The summed E-state index contributed by atoms with van der Waals surface area (Å²) >= 11 is 6.14. The van der Waals surface area contributed by atoms with Crippen molar-refractivity contribution >= 4 is 17.4 Å². The summed E-state index contributed by atoms with van der Waals surface area (Å²) in [4.78, 5) is 11.4. The Hall–Kier alpha value is -1.64. The summed E-state index contributed by atoms with van der Waals surface area (Å²) in [6.07, 6.45) is 0.904. The van der Waals surface area contributed by atoms with Crippen LogP contribution < -0.4 is 0 Å². The minimum absolute atomic E-state index is 0.0172. The van der Waals surface area contributed by atoms with E-state index in [1.807, 2.05) is 12.1 Å². The standard InChI is InChI=1S/C17H17ClO2/c1-12(19)16-8-7-15(11-17(16)18)14-5-3-13(4-6-14)9-10-20-2/h3-8,11H,9-10H2,1-2H3. The zero-order chi connectivity index (χ0) is 14.5. The molecule has 104 valence electrons. The van der Waals surface area contributed by atoms with Crippen molar-refractivity contribution in [1.82, 2.24) is 0 Å². The average Bonchev–Trinajstić information content (AvgIpc) is 2.45. The zero-order valence-electron chi connectivity index (χ0n) is 11.7. The molecule has 0 atom stereocenters. The lowest BCUT2D eigenvalue weighted by atomic mass is 10.0. The minimum Gasteiger partial charge on any atom is -0.384 e. The molecule has 0 spiro atoms. The van der Waals surface area contributed by atoms with E-state index >= 15 is 0 Å². The van der Waals surface area contributed by atoms with E-state index in [4.69, 9.17) is 16.3 Å². The van der Waals surface area contributed by atoms with E-state index < -0.39 is 0 Å². The molecule has 0 aliphatic heterocycles. The molecule has 20 heavy (non-hydrogen) atoms. The third-order valence-corrected chi connectivity index (χ3v) is 3.54. The molecule has 0 radical (unpaired) electrons. The highest BCUT2D eigenvalue weighted by atomic mass is 35.5. The van der Waals surface area contributed by atoms with Crippen LogP contribution in [0, 0.1) is 0 Å². The second kappa shape index (κ2) is 6.69. The number of methoxy groups -OCH3 is 1. The molecule has 2 aromatic carbocycles. The van der Waals surface area contributed by atoms with Gasteiger partial charge in [-0.05, 0) is 42.2 Å². The lowest BCUT2D eigenvalue weighted by molar-refractivity contribution is 0.101. The van der Waals surface area contributed by atoms with Gasteiger partial charge in [0, 0.05) is 12.7 Å². The Morgan fingerprint density at radius 2 is 1.75 bits per heavy atom. The molecule has 2 rings (SSSR count). The van der Waals surface area contributed by atoms with Gasteiger partial charge in [-0.2, -0.15) is 0 Å². The van der Waals surface area contributed by atoms with E-state index in [2.05, 4.69) is 24.3 Å². The number of ketones is 1. The lowest BCUT2D eigenvalue weighted by Crippen LogP contribution is -1.95. The van der Waals surface area contributed by atoms with E-state index in [0.29, 0.717) is 10.6 Å². The average molecular weight is 289 g/mol. The quantitative estimate of drug-likeness (QED) is 0.762. The van der Waals surface area contributed by atoms with Crippen molar-refractivity contribution in [3.8, 4) is 11.1 Å². The fourth-order valence-corrected chi connectivity index (χ4v) is 2.38. The Kier molecular flexibility index (Phi) is 4.94. The van der Waals surface area contributed by atoms with Crippen LogP contribution in [0.1, 0.15) is 22.8 Å². The van der Waals surface area contributed by atoms with Gasteiger partial charge in [-0.1, -0.05) is 41.9 Å².